The second kappa shape index (κ2) is 6.19. The van der Waals surface area contributed by atoms with Crippen molar-refractivity contribution in [1.29, 1.82) is 0 Å². The van der Waals surface area contributed by atoms with Crippen molar-refractivity contribution in [1.82, 2.24) is 4.90 Å². The van der Waals surface area contributed by atoms with E-state index in [4.69, 9.17) is 11.6 Å². The lowest BCUT2D eigenvalue weighted by atomic mass is 10.0. The Morgan fingerprint density at radius 1 is 1.32 bits per heavy atom. The minimum atomic E-state index is -0.448. The summed E-state index contributed by atoms with van der Waals surface area (Å²) in [6.45, 7) is 6.90. The average molecular weight is 298 g/mol. The Morgan fingerprint density at radius 3 is 2.47 bits per heavy atom. The van der Waals surface area contributed by atoms with E-state index in [2.05, 4.69) is 38.1 Å². The lowest BCUT2D eigenvalue weighted by Gasteiger charge is -2.25. The van der Waals surface area contributed by atoms with Crippen LogP contribution in [0.3, 0.4) is 0 Å². The molecular formula is C15H20ClNOS. The number of hydrogen-bond donors (Lipinski definition) is 0. The Bertz CT molecular complexity index is 444. The molecule has 4 heteroatoms. The summed E-state index contributed by atoms with van der Waals surface area (Å²) in [6.07, 6.45) is 0. The van der Waals surface area contributed by atoms with Crippen LogP contribution in [0, 0.1) is 0 Å². The molecule has 1 fully saturated rings. The van der Waals surface area contributed by atoms with E-state index in [-0.39, 0.29) is 11.3 Å². The molecule has 104 valence electrons. The molecule has 0 saturated carbocycles. The lowest BCUT2D eigenvalue weighted by molar-refractivity contribution is -0.130. The average Bonchev–Trinajstić information content (AvgIpc) is 2.86. The van der Waals surface area contributed by atoms with Crippen molar-refractivity contribution in [3.8, 4) is 0 Å². The van der Waals surface area contributed by atoms with Gasteiger partial charge in [-0.25, -0.2) is 0 Å². The molecule has 1 aliphatic rings. The van der Waals surface area contributed by atoms with Crippen LogP contribution >= 0.6 is 23.4 Å². The highest BCUT2D eigenvalue weighted by Gasteiger charge is 2.32. The summed E-state index contributed by atoms with van der Waals surface area (Å²) in [6, 6.07) is 8.59. The third kappa shape index (κ3) is 3.26. The molecule has 0 N–H and O–H groups in total. The molecule has 2 atom stereocenters. The number of thioether (sulfide) groups is 1. The Labute approximate surface area is 124 Å². The van der Waals surface area contributed by atoms with Gasteiger partial charge in [0.2, 0.25) is 5.91 Å². The van der Waals surface area contributed by atoms with Crippen molar-refractivity contribution in [3.05, 3.63) is 35.4 Å². The molecule has 0 spiro atoms. The summed E-state index contributed by atoms with van der Waals surface area (Å²) in [5, 5.41) is -0.328. The molecular weight excluding hydrogens is 278 g/mol. The molecule has 1 aromatic rings. The highest BCUT2D eigenvalue weighted by atomic mass is 35.5. The van der Waals surface area contributed by atoms with Gasteiger partial charge in [0, 0.05) is 12.3 Å². The van der Waals surface area contributed by atoms with Gasteiger partial charge in [-0.2, -0.15) is 0 Å². The first kappa shape index (κ1) is 14.7. The number of rotatable bonds is 3. The maximum Gasteiger partial charge on any atom is 0.241 e. The molecule has 1 saturated heterocycles. The third-order valence-electron chi connectivity index (χ3n) is 3.40. The fourth-order valence-electron chi connectivity index (χ4n) is 2.25. The van der Waals surface area contributed by atoms with E-state index in [1.54, 1.807) is 6.92 Å². The second-order valence-corrected chi connectivity index (χ2v) is 7.03. The molecule has 1 aromatic carbocycles. The molecule has 2 unspecified atom stereocenters. The smallest absolute Gasteiger partial charge is 0.241 e. The molecule has 0 radical (unpaired) electrons. The molecule has 0 aromatic heterocycles. The van der Waals surface area contributed by atoms with Gasteiger partial charge in [0.05, 0.1) is 0 Å². The van der Waals surface area contributed by atoms with Crippen LogP contribution in [0.1, 0.15) is 43.2 Å². The van der Waals surface area contributed by atoms with E-state index in [0.29, 0.717) is 5.92 Å². The van der Waals surface area contributed by atoms with Crippen molar-refractivity contribution >= 4 is 29.3 Å². The van der Waals surface area contributed by atoms with Gasteiger partial charge in [-0.3, -0.25) is 4.79 Å². The predicted octanol–water partition coefficient (Wildman–Crippen LogP) is 4.01. The van der Waals surface area contributed by atoms with Gasteiger partial charge < -0.3 is 4.90 Å². The number of alkyl halides is 1. The Morgan fingerprint density at radius 2 is 1.95 bits per heavy atom. The van der Waals surface area contributed by atoms with Crippen LogP contribution in [0.25, 0.3) is 0 Å². The largest absolute Gasteiger partial charge is 0.324 e. The Kier molecular flexibility index (Phi) is 4.80. The van der Waals surface area contributed by atoms with Crippen molar-refractivity contribution in [2.45, 2.75) is 37.4 Å². The van der Waals surface area contributed by atoms with Gasteiger partial charge in [-0.1, -0.05) is 38.1 Å². The molecule has 2 rings (SSSR count). The van der Waals surface area contributed by atoms with Crippen LogP contribution in [-0.4, -0.2) is 28.5 Å². The maximum atomic E-state index is 12.1. The zero-order valence-electron chi connectivity index (χ0n) is 11.6. The highest BCUT2D eigenvalue weighted by molar-refractivity contribution is 7.99. The third-order valence-corrected chi connectivity index (χ3v) is 4.85. The summed E-state index contributed by atoms with van der Waals surface area (Å²) in [5.74, 6) is 1.54. The van der Waals surface area contributed by atoms with Crippen LogP contribution < -0.4 is 0 Å². The number of hydrogen-bond acceptors (Lipinski definition) is 2. The summed E-state index contributed by atoms with van der Waals surface area (Å²) >= 11 is 7.74. The van der Waals surface area contributed by atoms with Crippen molar-refractivity contribution in [2.75, 3.05) is 12.3 Å². The number of halogens is 1. The first-order valence-corrected chi connectivity index (χ1v) is 8.15. The van der Waals surface area contributed by atoms with Crippen molar-refractivity contribution < 1.29 is 4.79 Å². The Balaban J connectivity index is 2.18. The van der Waals surface area contributed by atoms with Crippen LogP contribution in [-0.2, 0) is 4.79 Å². The Hall–Kier alpha value is -0.670. The van der Waals surface area contributed by atoms with Gasteiger partial charge in [0.1, 0.15) is 10.8 Å². The van der Waals surface area contributed by atoms with Gasteiger partial charge in [-0.15, -0.1) is 23.4 Å². The summed E-state index contributed by atoms with van der Waals surface area (Å²) in [7, 11) is 0. The summed E-state index contributed by atoms with van der Waals surface area (Å²) in [4.78, 5) is 14.0. The summed E-state index contributed by atoms with van der Waals surface area (Å²) in [5.41, 5.74) is 2.52. The monoisotopic (exact) mass is 297 g/mol. The van der Waals surface area contributed by atoms with Gasteiger partial charge >= 0.3 is 0 Å². The highest BCUT2D eigenvalue weighted by Crippen LogP contribution is 2.38. The van der Waals surface area contributed by atoms with E-state index in [1.807, 2.05) is 16.7 Å². The molecule has 2 nitrogen and oxygen atoms in total. The number of carbonyl (C=O) groups excluding carboxylic acids is 1. The zero-order valence-corrected chi connectivity index (χ0v) is 13.2. The van der Waals surface area contributed by atoms with Crippen LogP contribution in [0.15, 0.2) is 24.3 Å². The predicted molar refractivity (Wildman–Crippen MR) is 82.8 cm³/mol. The molecule has 1 aliphatic heterocycles. The first-order chi connectivity index (χ1) is 9.00. The zero-order chi connectivity index (χ0) is 14.0. The van der Waals surface area contributed by atoms with E-state index in [0.717, 1.165) is 12.3 Å². The summed E-state index contributed by atoms with van der Waals surface area (Å²) < 4.78 is 0. The lowest BCUT2D eigenvalue weighted by Crippen LogP contribution is -2.35. The minimum Gasteiger partial charge on any atom is -0.324 e. The quantitative estimate of drug-likeness (QED) is 0.786. The standard InChI is InChI=1S/C15H20ClNOS/c1-10(2)12-4-6-13(7-5-12)15-17(8-9-19-15)14(18)11(3)16/h4-7,10-11,15H,8-9H2,1-3H3. The second-order valence-electron chi connectivity index (χ2n) is 5.19. The maximum absolute atomic E-state index is 12.1. The topological polar surface area (TPSA) is 20.3 Å². The fraction of sp³-hybridized carbons (Fsp3) is 0.533. The van der Waals surface area contributed by atoms with Crippen LogP contribution in [0.2, 0.25) is 0 Å². The minimum absolute atomic E-state index is 0.0320. The van der Waals surface area contributed by atoms with E-state index in [9.17, 15) is 4.79 Å². The van der Waals surface area contributed by atoms with Gasteiger partial charge in [0.25, 0.3) is 0 Å². The van der Waals surface area contributed by atoms with Gasteiger partial charge in [-0.05, 0) is 24.0 Å². The normalized spacial score (nSPS) is 20.9. The van der Waals surface area contributed by atoms with Gasteiger partial charge in [0.15, 0.2) is 0 Å². The van der Waals surface area contributed by atoms with E-state index in [1.165, 1.54) is 11.1 Å². The number of carbonyl (C=O) groups is 1. The molecule has 1 amide bonds. The molecule has 19 heavy (non-hydrogen) atoms. The van der Waals surface area contributed by atoms with Crippen molar-refractivity contribution in [3.63, 3.8) is 0 Å². The molecule has 0 aliphatic carbocycles. The van der Waals surface area contributed by atoms with E-state index >= 15 is 0 Å². The number of benzene rings is 1. The molecule has 1 heterocycles. The number of amides is 1. The van der Waals surface area contributed by atoms with Crippen LogP contribution in [0.4, 0.5) is 0 Å². The van der Waals surface area contributed by atoms with E-state index < -0.39 is 5.38 Å². The SMILES string of the molecule is CC(Cl)C(=O)N1CCSC1c1ccc(C(C)C)cc1. The molecule has 0 bridgehead atoms. The van der Waals surface area contributed by atoms with Crippen LogP contribution in [0.5, 0.6) is 0 Å². The number of nitrogens with zero attached hydrogens (tertiary/aromatic N) is 1. The van der Waals surface area contributed by atoms with Crippen molar-refractivity contribution in [2.24, 2.45) is 0 Å². The first-order valence-electron chi connectivity index (χ1n) is 6.66. The fourth-order valence-corrected chi connectivity index (χ4v) is 3.64.